The standard InChI is InChI=1S/C12H17N3S/c1-3-9-5-7-16-12(9)11(13)8-10-4-6-15(2)14-10/h4-7,11H,3,8,13H2,1-2H3. The van der Waals surface area contributed by atoms with Crippen LogP contribution in [-0.4, -0.2) is 9.78 Å². The SMILES string of the molecule is CCc1ccsc1C(N)Cc1ccn(C)n1. The van der Waals surface area contributed by atoms with Crippen molar-refractivity contribution < 1.29 is 0 Å². The van der Waals surface area contributed by atoms with Gasteiger partial charge in [-0.25, -0.2) is 0 Å². The van der Waals surface area contributed by atoms with Crippen molar-refractivity contribution in [1.82, 2.24) is 9.78 Å². The average Bonchev–Trinajstić information content (AvgIpc) is 2.86. The quantitative estimate of drug-likeness (QED) is 0.883. The summed E-state index contributed by atoms with van der Waals surface area (Å²) in [6.45, 7) is 2.17. The van der Waals surface area contributed by atoms with Crippen LogP contribution in [0.1, 0.15) is 29.1 Å². The fraction of sp³-hybridized carbons (Fsp3) is 0.417. The van der Waals surface area contributed by atoms with E-state index in [9.17, 15) is 0 Å². The van der Waals surface area contributed by atoms with Gasteiger partial charge >= 0.3 is 0 Å². The van der Waals surface area contributed by atoms with E-state index in [1.165, 1.54) is 10.4 Å². The molecule has 0 spiro atoms. The number of nitrogens with two attached hydrogens (primary N) is 1. The van der Waals surface area contributed by atoms with Crippen molar-refractivity contribution in [3.8, 4) is 0 Å². The molecule has 2 heterocycles. The third-order valence-corrected chi connectivity index (χ3v) is 3.79. The lowest BCUT2D eigenvalue weighted by molar-refractivity contribution is 0.679. The molecule has 0 amide bonds. The van der Waals surface area contributed by atoms with Gasteiger partial charge in [0.1, 0.15) is 0 Å². The molecule has 2 aromatic rings. The molecule has 0 saturated heterocycles. The molecule has 0 fully saturated rings. The molecule has 16 heavy (non-hydrogen) atoms. The van der Waals surface area contributed by atoms with Gasteiger partial charge in [0.25, 0.3) is 0 Å². The molecule has 0 aliphatic carbocycles. The minimum atomic E-state index is 0.0739. The van der Waals surface area contributed by atoms with Gasteiger partial charge in [-0.3, -0.25) is 4.68 Å². The molecule has 2 N–H and O–H groups in total. The topological polar surface area (TPSA) is 43.8 Å². The van der Waals surface area contributed by atoms with Crippen LogP contribution in [0.4, 0.5) is 0 Å². The Morgan fingerprint density at radius 2 is 2.31 bits per heavy atom. The van der Waals surface area contributed by atoms with Crippen molar-refractivity contribution in [2.75, 3.05) is 0 Å². The molecule has 4 heteroatoms. The van der Waals surface area contributed by atoms with E-state index in [4.69, 9.17) is 5.73 Å². The number of nitrogens with zero attached hydrogens (tertiary/aromatic N) is 2. The van der Waals surface area contributed by atoms with E-state index in [1.54, 1.807) is 11.3 Å². The Bertz CT molecular complexity index is 458. The Balaban J connectivity index is 2.11. The van der Waals surface area contributed by atoms with Crippen LogP contribution >= 0.6 is 11.3 Å². The summed E-state index contributed by atoms with van der Waals surface area (Å²) in [4.78, 5) is 1.30. The van der Waals surface area contributed by atoms with Crippen LogP contribution in [0.3, 0.4) is 0 Å². The van der Waals surface area contributed by atoms with E-state index < -0.39 is 0 Å². The lowest BCUT2D eigenvalue weighted by Gasteiger charge is -2.10. The fourth-order valence-electron chi connectivity index (χ4n) is 1.85. The largest absolute Gasteiger partial charge is 0.323 e. The molecule has 0 aromatic carbocycles. The highest BCUT2D eigenvalue weighted by molar-refractivity contribution is 7.10. The van der Waals surface area contributed by atoms with Crippen molar-refractivity contribution in [2.45, 2.75) is 25.8 Å². The second kappa shape index (κ2) is 4.80. The first-order valence-electron chi connectivity index (χ1n) is 5.51. The monoisotopic (exact) mass is 235 g/mol. The Labute approximate surface area is 99.9 Å². The molecule has 0 radical (unpaired) electrons. The summed E-state index contributed by atoms with van der Waals surface area (Å²) in [5.74, 6) is 0. The molecular weight excluding hydrogens is 218 g/mol. The maximum absolute atomic E-state index is 6.22. The molecule has 3 nitrogen and oxygen atoms in total. The predicted molar refractivity (Wildman–Crippen MR) is 67.5 cm³/mol. The molecular formula is C12H17N3S. The van der Waals surface area contributed by atoms with E-state index in [1.807, 2.05) is 24.0 Å². The summed E-state index contributed by atoms with van der Waals surface area (Å²) in [7, 11) is 1.93. The molecule has 0 saturated carbocycles. The fourth-order valence-corrected chi connectivity index (χ4v) is 2.86. The summed E-state index contributed by atoms with van der Waals surface area (Å²) >= 11 is 1.75. The molecule has 0 aliphatic heterocycles. The van der Waals surface area contributed by atoms with E-state index in [0.29, 0.717) is 0 Å². The van der Waals surface area contributed by atoms with Crippen molar-refractivity contribution in [1.29, 1.82) is 0 Å². The lowest BCUT2D eigenvalue weighted by Crippen LogP contribution is -2.13. The van der Waals surface area contributed by atoms with E-state index in [-0.39, 0.29) is 6.04 Å². The average molecular weight is 235 g/mol. The molecule has 0 bridgehead atoms. The number of hydrogen-bond donors (Lipinski definition) is 1. The summed E-state index contributed by atoms with van der Waals surface area (Å²) in [5.41, 5.74) is 8.65. The number of aromatic nitrogens is 2. The number of aryl methyl sites for hydroxylation is 2. The zero-order valence-electron chi connectivity index (χ0n) is 9.68. The summed E-state index contributed by atoms with van der Waals surface area (Å²) in [5, 5.41) is 6.47. The molecule has 1 atom stereocenters. The van der Waals surface area contributed by atoms with Crippen molar-refractivity contribution in [3.05, 3.63) is 39.8 Å². The van der Waals surface area contributed by atoms with Gasteiger partial charge in [-0.15, -0.1) is 11.3 Å². The van der Waals surface area contributed by atoms with Gasteiger partial charge in [-0.1, -0.05) is 6.92 Å². The van der Waals surface area contributed by atoms with Crippen LogP contribution in [0, 0.1) is 0 Å². The minimum absolute atomic E-state index is 0.0739. The van der Waals surface area contributed by atoms with Crippen molar-refractivity contribution >= 4 is 11.3 Å². The number of rotatable bonds is 4. The Hall–Kier alpha value is -1.13. The molecule has 2 rings (SSSR count). The normalized spacial score (nSPS) is 12.9. The highest BCUT2D eigenvalue weighted by atomic mass is 32.1. The van der Waals surface area contributed by atoms with Crippen molar-refractivity contribution in [2.24, 2.45) is 12.8 Å². The third-order valence-electron chi connectivity index (χ3n) is 2.70. The number of hydrogen-bond acceptors (Lipinski definition) is 3. The highest BCUT2D eigenvalue weighted by Gasteiger charge is 2.13. The lowest BCUT2D eigenvalue weighted by atomic mass is 10.1. The Morgan fingerprint density at radius 1 is 1.50 bits per heavy atom. The van der Waals surface area contributed by atoms with Crippen LogP contribution in [0.15, 0.2) is 23.7 Å². The van der Waals surface area contributed by atoms with E-state index in [2.05, 4.69) is 23.5 Å². The highest BCUT2D eigenvalue weighted by Crippen LogP contribution is 2.25. The second-order valence-corrected chi connectivity index (χ2v) is 4.90. The molecule has 86 valence electrons. The van der Waals surface area contributed by atoms with Gasteiger partial charge in [0.15, 0.2) is 0 Å². The second-order valence-electron chi connectivity index (χ2n) is 3.96. The van der Waals surface area contributed by atoms with Crippen LogP contribution < -0.4 is 5.73 Å². The Kier molecular flexibility index (Phi) is 3.41. The van der Waals surface area contributed by atoms with Gasteiger partial charge in [0.05, 0.1) is 5.69 Å². The van der Waals surface area contributed by atoms with Gasteiger partial charge in [-0.2, -0.15) is 5.10 Å². The van der Waals surface area contributed by atoms with Crippen LogP contribution in [0.25, 0.3) is 0 Å². The van der Waals surface area contributed by atoms with Crippen LogP contribution in [-0.2, 0) is 19.9 Å². The number of thiophene rings is 1. The summed E-state index contributed by atoms with van der Waals surface area (Å²) in [6, 6.07) is 4.27. The van der Waals surface area contributed by atoms with Gasteiger partial charge in [0, 0.05) is 30.6 Å². The first kappa shape index (κ1) is 11.4. The summed E-state index contributed by atoms with van der Waals surface area (Å²) < 4.78 is 1.82. The maximum Gasteiger partial charge on any atom is 0.0643 e. The van der Waals surface area contributed by atoms with Crippen molar-refractivity contribution in [3.63, 3.8) is 0 Å². The van der Waals surface area contributed by atoms with Gasteiger partial charge in [-0.05, 0) is 29.5 Å². The first-order chi connectivity index (χ1) is 7.70. The molecule has 0 aliphatic rings. The van der Waals surface area contributed by atoms with Crippen LogP contribution in [0.5, 0.6) is 0 Å². The van der Waals surface area contributed by atoms with E-state index in [0.717, 1.165) is 18.5 Å². The minimum Gasteiger partial charge on any atom is -0.323 e. The maximum atomic E-state index is 6.22. The summed E-state index contributed by atoms with van der Waals surface area (Å²) in [6.07, 6.45) is 3.82. The zero-order chi connectivity index (χ0) is 11.5. The Morgan fingerprint density at radius 3 is 2.94 bits per heavy atom. The molecule has 1 unspecified atom stereocenters. The van der Waals surface area contributed by atoms with Gasteiger partial charge < -0.3 is 5.73 Å². The van der Waals surface area contributed by atoms with Gasteiger partial charge in [0.2, 0.25) is 0 Å². The van der Waals surface area contributed by atoms with Crippen LogP contribution in [0.2, 0.25) is 0 Å². The van der Waals surface area contributed by atoms with E-state index >= 15 is 0 Å². The predicted octanol–water partition coefficient (Wildman–Crippen LogP) is 2.29. The molecule has 2 aromatic heterocycles. The first-order valence-corrected chi connectivity index (χ1v) is 6.39. The zero-order valence-corrected chi connectivity index (χ0v) is 10.5. The smallest absolute Gasteiger partial charge is 0.0643 e. The third kappa shape index (κ3) is 2.33.